The third-order valence-corrected chi connectivity index (χ3v) is 0.996. The van der Waals surface area contributed by atoms with Crippen LogP contribution < -0.4 is 5.73 Å². The van der Waals surface area contributed by atoms with Crippen molar-refractivity contribution in [3.63, 3.8) is 0 Å². The second-order valence-electron chi connectivity index (χ2n) is 2.09. The Balaban J connectivity index is 3.68. The maximum absolute atomic E-state index is 9.15. The first-order valence-corrected chi connectivity index (χ1v) is 2.85. The lowest BCUT2D eigenvalue weighted by Gasteiger charge is -2.18. The van der Waals surface area contributed by atoms with E-state index >= 15 is 0 Å². The number of hydrogen-bond donors (Lipinski definition) is 2. The third-order valence-electron chi connectivity index (χ3n) is 0.996. The van der Waals surface area contributed by atoms with Gasteiger partial charge in [0.15, 0.2) is 0 Å². The summed E-state index contributed by atoms with van der Waals surface area (Å²) in [6.45, 7) is 6.91. The summed E-state index contributed by atoms with van der Waals surface area (Å²) in [7, 11) is 0. The minimum absolute atomic E-state index is 0.402. The van der Waals surface area contributed by atoms with Gasteiger partial charge in [0, 0.05) is 12.8 Å². The molecule has 0 saturated carbocycles. The highest BCUT2D eigenvalue weighted by molar-refractivity contribution is 4.87. The minimum Gasteiger partial charge on any atom is -0.375 e. The SMILES string of the molecule is C=CCC(N)(O)CC=C. The van der Waals surface area contributed by atoms with Crippen molar-refractivity contribution < 1.29 is 5.11 Å². The Bertz CT molecular complexity index is 95.5. The van der Waals surface area contributed by atoms with Gasteiger partial charge < -0.3 is 10.8 Å². The zero-order chi connectivity index (χ0) is 7.33. The van der Waals surface area contributed by atoms with E-state index in [-0.39, 0.29) is 0 Å². The summed E-state index contributed by atoms with van der Waals surface area (Å²) in [6.07, 6.45) is 3.98. The van der Waals surface area contributed by atoms with E-state index in [0.717, 1.165) is 0 Å². The summed E-state index contributed by atoms with van der Waals surface area (Å²) in [5, 5.41) is 9.15. The molecule has 0 aromatic rings. The van der Waals surface area contributed by atoms with E-state index in [9.17, 15) is 0 Å². The molecule has 2 nitrogen and oxygen atoms in total. The van der Waals surface area contributed by atoms with Crippen LogP contribution in [0.3, 0.4) is 0 Å². The number of aliphatic hydroxyl groups is 1. The Morgan fingerprint density at radius 3 is 1.89 bits per heavy atom. The second kappa shape index (κ2) is 3.43. The molecule has 0 atom stereocenters. The molecule has 0 amide bonds. The van der Waals surface area contributed by atoms with Crippen LogP contribution in [-0.4, -0.2) is 10.8 Å². The van der Waals surface area contributed by atoms with Crippen LogP contribution in [0.25, 0.3) is 0 Å². The highest BCUT2D eigenvalue weighted by Gasteiger charge is 2.15. The van der Waals surface area contributed by atoms with Gasteiger partial charge in [-0.2, -0.15) is 0 Å². The van der Waals surface area contributed by atoms with Crippen molar-refractivity contribution in [2.75, 3.05) is 0 Å². The number of rotatable bonds is 4. The molecule has 0 saturated heterocycles. The van der Waals surface area contributed by atoms with E-state index in [1.165, 1.54) is 0 Å². The van der Waals surface area contributed by atoms with E-state index in [0.29, 0.717) is 12.8 Å². The monoisotopic (exact) mass is 127 g/mol. The molecule has 0 rings (SSSR count). The molecule has 9 heavy (non-hydrogen) atoms. The maximum Gasteiger partial charge on any atom is 0.120 e. The maximum atomic E-state index is 9.15. The fourth-order valence-electron chi connectivity index (χ4n) is 0.583. The summed E-state index contributed by atoms with van der Waals surface area (Å²) in [4.78, 5) is 0. The highest BCUT2D eigenvalue weighted by atomic mass is 16.3. The van der Waals surface area contributed by atoms with Crippen LogP contribution in [0.4, 0.5) is 0 Å². The molecule has 0 aliphatic heterocycles. The quantitative estimate of drug-likeness (QED) is 0.433. The fraction of sp³-hybridized carbons (Fsp3) is 0.429. The van der Waals surface area contributed by atoms with E-state index in [1.54, 1.807) is 12.2 Å². The van der Waals surface area contributed by atoms with Gasteiger partial charge in [0.25, 0.3) is 0 Å². The van der Waals surface area contributed by atoms with Crippen LogP contribution in [0, 0.1) is 0 Å². The average Bonchev–Trinajstić information content (AvgIpc) is 1.64. The molecule has 0 aromatic carbocycles. The van der Waals surface area contributed by atoms with Crippen LogP contribution in [0.2, 0.25) is 0 Å². The van der Waals surface area contributed by atoms with Crippen molar-refractivity contribution in [3.05, 3.63) is 25.3 Å². The molecule has 0 spiro atoms. The van der Waals surface area contributed by atoms with Gasteiger partial charge in [0.1, 0.15) is 5.72 Å². The molecule has 0 radical (unpaired) electrons. The van der Waals surface area contributed by atoms with Gasteiger partial charge in [-0.1, -0.05) is 12.2 Å². The zero-order valence-electron chi connectivity index (χ0n) is 5.51. The molecule has 52 valence electrons. The molecular formula is C7H13NO. The predicted octanol–water partition coefficient (Wildman–Crippen LogP) is 0.786. The van der Waals surface area contributed by atoms with Crippen LogP contribution in [0.15, 0.2) is 25.3 Å². The van der Waals surface area contributed by atoms with Crippen molar-refractivity contribution >= 4 is 0 Å². The molecular weight excluding hydrogens is 114 g/mol. The molecule has 0 heterocycles. The van der Waals surface area contributed by atoms with Gasteiger partial charge in [-0.3, -0.25) is 0 Å². The zero-order valence-corrected chi connectivity index (χ0v) is 5.51. The molecule has 0 aromatic heterocycles. The third kappa shape index (κ3) is 3.94. The van der Waals surface area contributed by atoms with Crippen molar-refractivity contribution in [2.24, 2.45) is 5.73 Å². The van der Waals surface area contributed by atoms with E-state index in [1.807, 2.05) is 0 Å². The largest absolute Gasteiger partial charge is 0.375 e. The number of hydrogen-bond acceptors (Lipinski definition) is 2. The minimum atomic E-state index is -1.14. The van der Waals surface area contributed by atoms with E-state index in [4.69, 9.17) is 10.8 Å². The highest BCUT2D eigenvalue weighted by Crippen LogP contribution is 2.07. The van der Waals surface area contributed by atoms with Gasteiger partial charge in [-0.25, -0.2) is 0 Å². The lowest BCUT2D eigenvalue weighted by molar-refractivity contribution is 0.0534. The molecule has 0 aliphatic carbocycles. The Hall–Kier alpha value is -0.600. The van der Waals surface area contributed by atoms with Crippen molar-refractivity contribution in [1.82, 2.24) is 0 Å². The van der Waals surface area contributed by atoms with Crippen LogP contribution in [-0.2, 0) is 0 Å². The Labute approximate surface area is 55.7 Å². The normalized spacial score (nSPS) is 10.9. The van der Waals surface area contributed by atoms with Crippen LogP contribution >= 0.6 is 0 Å². The first-order valence-electron chi connectivity index (χ1n) is 2.85. The molecule has 3 N–H and O–H groups in total. The van der Waals surface area contributed by atoms with Crippen molar-refractivity contribution in [2.45, 2.75) is 18.6 Å². The van der Waals surface area contributed by atoms with Gasteiger partial charge >= 0.3 is 0 Å². The molecule has 0 unspecified atom stereocenters. The van der Waals surface area contributed by atoms with Crippen LogP contribution in [0.5, 0.6) is 0 Å². The standard InChI is InChI=1S/C7H13NO/c1-3-5-7(8,9)6-4-2/h3-4,9H,1-2,5-6,8H2. The summed E-state index contributed by atoms with van der Waals surface area (Å²) >= 11 is 0. The summed E-state index contributed by atoms with van der Waals surface area (Å²) in [6, 6.07) is 0. The summed E-state index contributed by atoms with van der Waals surface area (Å²) in [5.74, 6) is 0. The smallest absolute Gasteiger partial charge is 0.120 e. The average molecular weight is 127 g/mol. The second-order valence-corrected chi connectivity index (χ2v) is 2.09. The Kier molecular flexibility index (Phi) is 3.20. The lowest BCUT2D eigenvalue weighted by Crippen LogP contribution is -2.38. The van der Waals surface area contributed by atoms with Crippen molar-refractivity contribution in [3.8, 4) is 0 Å². The number of nitrogens with two attached hydrogens (primary N) is 1. The molecule has 0 bridgehead atoms. The lowest BCUT2D eigenvalue weighted by atomic mass is 10.1. The first-order chi connectivity index (χ1) is 4.12. The molecule has 0 fully saturated rings. The molecule has 0 aliphatic rings. The van der Waals surface area contributed by atoms with E-state index in [2.05, 4.69) is 13.2 Å². The van der Waals surface area contributed by atoms with Gasteiger partial charge in [-0.05, 0) is 0 Å². The van der Waals surface area contributed by atoms with Gasteiger partial charge in [-0.15, -0.1) is 13.2 Å². The first kappa shape index (κ1) is 8.40. The Morgan fingerprint density at radius 2 is 1.67 bits per heavy atom. The predicted molar refractivity (Wildman–Crippen MR) is 38.8 cm³/mol. The summed E-state index contributed by atoms with van der Waals surface area (Å²) < 4.78 is 0. The fourth-order valence-corrected chi connectivity index (χ4v) is 0.583. The molecule has 2 heteroatoms. The Morgan fingerprint density at radius 1 is 1.33 bits per heavy atom. The van der Waals surface area contributed by atoms with Crippen molar-refractivity contribution in [1.29, 1.82) is 0 Å². The summed E-state index contributed by atoms with van der Waals surface area (Å²) in [5.41, 5.74) is 4.22. The van der Waals surface area contributed by atoms with E-state index < -0.39 is 5.72 Å². The van der Waals surface area contributed by atoms with Gasteiger partial charge in [0.05, 0.1) is 0 Å². The van der Waals surface area contributed by atoms with Gasteiger partial charge in [0.2, 0.25) is 0 Å². The topological polar surface area (TPSA) is 46.2 Å². The van der Waals surface area contributed by atoms with Crippen LogP contribution in [0.1, 0.15) is 12.8 Å².